The van der Waals surface area contributed by atoms with Gasteiger partial charge in [0, 0.05) is 15.6 Å². The first-order chi connectivity index (χ1) is 9.19. The molecule has 0 unspecified atom stereocenters. The molecule has 0 aliphatic carbocycles. The Labute approximate surface area is 123 Å². The zero-order chi connectivity index (χ0) is 13.4. The molecule has 0 N–H and O–H groups in total. The lowest BCUT2D eigenvalue weighted by molar-refractivity contribution is 0.112. The number of nitrogens with zero attached hydrogens (tertiary/aromatic N) is 1. The van der Waals surface area contributed by atoms with E-state index in [0.29, 0.717) is 5.56 Å². The molecular formula is C15H10BrNOS. The summed E-state index contributed by atoms with van der Waals surface area (Å²) >= 11 is 5.15. The number of rotatable bonds is 2. The lowest BCUT2D eigenvalue weighted by Gasteiger charge is -2.03. The predicted molar refractivity (Wildman–Crippen MR) is 82.9 cm³/mol. The smallest absolute Gasteiger partial charge is 0.150 e. The third kappa shape index (κ3) is 2.22. The topological polar surface area (TPSA) is 30.0 Å². The Morgan fingerprint density at radius 3 is 2.89 bits per heavy atom. The molecule has 0 aliphatic rings. The first kappa shape index (κ1) is 12.5. The highest BCUT2D eigenvalue weighted by molar-refractivity contribution is 9.10. The number of thiazole rings is 1. The van der Waals surface area contributed by atoms with E-state index in [1.165, 1.54) is 5.56 Å². The van der Waals surface area contributed by atoms with Gasteiger partial charge in [0.2, 0.25) is 0 Å². The highest BCUT2D eigenvalue weighted by Crippen LogP contribution is 2.34. The number of hydrogen-bond donors (Lipinski definition) is 0. The number of fused-ring (bicyclic) bond motifs is 1. The minimum absolute atomic E-state index is 0.689. The van der Waals surface area contributed by atoms with Crippen LogP contribution in [0.5, 0.6) is 0 Å². The van der Waals surface area contributed by atoms with Crippen molar-refractivity contribution in [3.8, 4) is 10.6 Å². The molecule has 0 saturated heterocycles. The second kappa shape index (κ2) is 4.87. The molecule has 0 spiro atoms. The summed E-state index contributed by atoms with van der Waals surface area (Å²) in [5, 5.41) is 0.983. The van der Waals surface area contributed by atoms with Gasteiger partial charge in [-0.1, -0.05) is 28.1 Å². The Morgan fingerprint density at radius 1 is 1.26 bits per heavy atom. The van der Waals surface area contributed by atoms with Gasteiger partial charge in [0.15, 0.2) is 0 Å². The molecule has 2 aromatic carbocycles. The molecule has 0 bridgehead atoms. The van der Waals surface area contributed by atoms with Gasteiger partial charge >= 0.3 is 0 Å². The number of halogens is 1. The molecule has 0 radical (unpaired) electrons. The van der Waals surface area contributed by atoms with Gasteiger partial charge in [0.25, 0.3) is 0 Å². The Balaban J connectivity index is 2.20. The summed E-state index contributed by atoms with van der Waals surface area (Å²) in [5.41, 5.74) is 3.93. The van der Waals surface area contributed by atoms with Gasteiger partial charge < -0.3 is 0 Å². The molecule has 2 nitrogen and oxygen atoms in total. The standard InChI is InChI=1S/C15H10BrNOS/c1-9-11(3-2-4-12(9)16)15-17-13-6-5-10(8-18)7-14(13)19-15/h2-8H,1H3. The van der Waals surface area contributed by atoms with Crippen LogP contribution < -0.4 is 0 Å². The van der Waals surface area contributed by atoms with Crippen molar-refractivity contribution < 1.29 is 4.79 Å². The van der Waals surface area contributed by atoms with Crippen molar-refractivity contribution >= 4 is 43.8 Å². The third-order valence-electron chi connectivity index (χ3n) is 3.05. The average molecular weight is 332 g/mol. The monoisotopic (exact) mass is 331 g/mol. The van der Waals surface area contributed by atoms with E-state index in [-0.39, 0.29) is 0 Å². The lowest BCUT2D eigenvalue weighted by Crippen LogP contribution is -1.83. The van der Waals surface area contributed by atoms with Crippen molar-refractivity contribution in [2.75, 3.05) is 0 Å². The molecule has 1 aromatic heterocycles. The molecule has 0 saturated carbocycles. The van der Waals surface area contributed by atoms with Gasteiger partial charge in [-0.2, -0.15) is 0 Å². The zero-order valence-electron chi connectivity index (χ0n) is 10.2. The van der Waals surface area contributed by atoms with Crippen LogP contribution in [0.15, 0.2) is 40.9 Å². The van der Waals surface area contributed by atoms with Gasteiger partial charge in [-0.15, -0.1) is 11.3 Å². The number of carbonyl (C=O) groups excluding carboxylic acids is 1. The van der Waals surface area contributed by atoms with Crippen molar-refractivity contribution in [3.05, 3.63) is 52.0 Å². The van der Waals surface area contributed by atoms with E-state index in [1.54, 1.807) is 17.4 Å². The van der Waals surface area contributed by atoms with Crippen molar-refractivity contribution in [2.24, 2.45) is 0 Å². The normalized spacial score (nSPS) is 10.8. The predicted octanol–water partition coefficient (Wildman–Crippen LogP) is 4.85. The van der Waals surface area contributed by atoms with E-state index in [0.717, 1.165) is 31.5 Å². The Morgan fingerprint density at radius 2 is 2.11 bits per heavy atom. The maximum atomic E-state index is 10.8. The first-order valence-corrected chi connectivity index (χ1v) is 7.41. The second-order valence-electron chi connectivity index (χ2n) is 4.28. The molecule has 3 rings (SSSR count). The van der Waals surface area contributed by atoms with Crippen LogP contribution in [0.3, 0.4) is 0 Å². The van der Waals surface area contributed by atoms with Crippen molar-refractivity contribution in [2.45, 2.75) is 6.92 Å². The third-order valence-corrected chi connectivity index (χ3v) is 4.96. The van der Waals surface area contributed by atoms with Crippen molar-refractivity contribution in [3.63, 3.8) is 0 Å². The van der Waals surface area contributed by atoms with Crippen molar-refractivity contribution in [1.82, 2.24) is 4.98 Å². The SMILES string of the molecule is Cc1c(Br)cccc1-c1nc2ccc(C=O)cc2s1. The molecule has 4 heteroatoms. The summed E-state index contributed by atoms with van der Waals surface area (Å²) in [6.45, 7) is 2.07. The molecular weight excluding hydrogens is 322 g/mol. The molecule has 0 aliphatic heterocycles. The second-order valence-corrected chi connectivity index (χ2v) is 6.16. The van der Waals surface area contributed by atoms with Crippen LogP contribution in [0.1, 0.15) is 15.9 Å². The van der Waals surface area contributed by atoms with Crippen LogP contribution >= 0.6 is 27.3 Å². The van der Waals surface area contributed by atoms with Crippen LogP contribution in [-0.4, -0.2) is 11.3 Å². The molecule has 19 heavy (non-hydrogen) atoms. The van der Waals surface area contributed by atoms with E-state index >= 15 is 0 Å². The molecule has 0 amide bonds. The van der Waals surface area contributed by atoms with E-state index in [9.17, 15) is 4.79 Å². The minimum atomic E-state index is 0.689. The Hall–Kier alpha value is -1.52. The maximum Gasteiger partial charge on any atom is 0.150 e. The fourth-order valence-electron chi connectivity index (χ4n) is 1.97. The summed E-state index contributed by atoms with van der Waals surface area (Å²) in [6, 6.07) is 11.7. The number of hydrogen-bond acceptors (Lipinski definition) is 3. The Bertz CT molecular complexity index is 779. The van der Waals surface area contributed by atoms with Gasteiger partial charge in [-0.3, -0.25) is 4.79 Å². The van der Waals surface area contributed by atoms with Gasteiger partial charge in [0.1, 0.15) is 11.3 Å². The zero-order valence-corrected chi connectivity index (χ0v) is 12.6. The van der Waals surface area contributed by atoms with Crippen LogP contribution in [0.4, 0.5) is 0 Å². The number of aromatic nitrogens is 1. The van der Waals surface area contributed by atoms with E-state index in [4.69, 9.17) is 0 Å². The summed E-state index contributed by atoms with van der Waals surface area (Å²) in [6.07, 6.45) is 0.864. The van der Waals surface area contributed by atoms with Crippen molar-refractivity contribution in [1.29, 1.82) is 0 Å². The Kier molecular flexibility index (Phi) is 3.21. The fraction of sp³-hybridized carbons (Fsp3) is 0.0667. The largest absolute Gasteiger partial charge is 0.298 e. The van der Waals surface area contributed by atoms with Gasteiger partial charge in [0.05, 0.1) is 10.2 Å². The highest BCUT2D eigenvalue weighted by atomic mass is 79.9. The molecule has 0 atom stereocenters. The van der Waals surface area contributed by atoms with E-state index in [2.05, 4.69) is 33.9 Å². The average Bonchev–Trinajstić information content (AvgIpc) is 2.84. The minimum Gasteiger partial charge on any atom is -0.298 e. The summed E-state index contributed by atoms with van der Waals surface area (Å²) < 4.78 is 2.12. The first-order valence-electron chi connectivity index (χ1n) is 5.80. The number of benzene rings is 2. The summed E-state index contributed by atoms with van der Waals surface area (Å²) in [5.74, 6) is 0. The quantitative estimate of drug-likeness (QED) is 0.628. The van der Waals surface area contributed by atoms with Crippen LogP contribution in [-0.2, 0) is 0 Å². The van der Waals surface area contributed by atoms with Gasteiger partial charge in [-0.05, 0) is 36.8 Å². The number of carbonyl (C=O) groups is 1. The molecule has 3 aromatic rings. The van der Waals surface area contributed by atoms with Crippen LogP contribution in [0, 0.1) is 6.92 Å². The van der Waals surface area contributed by atoms with Gasteiger partial charge in [-0.25, -0.2) is 4.98 Å². The summed E-state index contributed by atoms with van der Waals surface area (Å²) in [7, 11) is 0. The van der Waals surface area contributed by atoms with E-state index < -0.39 is 0 Å². The van der Waals surface area contributed by atoms with E-state index in [1.807, 2.05) is 24.3 Å². The fourth-order valence-corrected chi connectivity index (χ4v) is 3.43. The molecule has 1 heterocycles. The van der Waals surface area contributed by atoms with Crippen LogP contribution in [0.2, 0.25) is 0 Å². The molecule has 0 fully saturated rings. The maximum absolute atomic E-state index is 10.8. The lowest BCUT2D eigenvalue weighted by atomic mass is 10.1. The highest BCUT2D eigenvalue weighted by Gasteiger charge is 2.10. The number of aldehydes is 1. The molecule has 94 valence electrons. The summed E-state index contributed by atoms with van der Waals surface area (Å²) in [4.78, 5) is 15.4. The van der Waals surface area contributed by atoms with Crippen LogP contribution in [0.25, 0.3) is 20.8 Å².